The topological polar surface area (TPSA) is 92.8 Å². The van der Waals surface area contributed by atoms with Crippen molar-refractivity contribution in [2.75, 3.05) is 13.2 Å². The summed E-state index contributed by atoms with van der Waals surface area (Å²) >= 11 is 1.52. The highest BCUT2D eigenvalue weighted by Crippen LogP contribution is 2.26. The molecule has 1 unspecified atom stereocenters. The molecule has 0 radical (unpaired) electrons. The number of carbonyl (C=O) groups is 2. The minimum absolute atomic E-state index is 0.150. The average molecular weight is 437 g/mol. The van der Waals surface area contributed by atoms with Crippen molar-refractivity contribution >= 4 is 33.2 Å². The zero-order chi connectivity index (χ0) is 20.9. The maximum absolute atomic E-state index is 13.0. The van der Waals surface area contributed by atoms with E-state index in [1.54, 1.807) is 24.3 Å². The molecule has 1 N–H and O–H groups in total. The van der Waals surface area contributed by atoms with Gasteiger partial charge in [0.25, 0.3) is 5.91 Å². The Labute approximate surface area is 174 Å². The van der Waals surface area contributed by atoms with Crippen molar-refractivity contribution in [1.29, 1.82) is 0 Å². The van der Waals surface area contributed by atoms with Gasteiger partial charge in [-0.2, -0.15) is 4.31 Å². The smallest absolute Gasteiger partial charge is 0.324 e. The van der Waals surface area contributed by atoms with Crippen LogP contribution in [0.1, 0.15) is 29.7 Å². The fraction of sp³-hybridized carbons (Fsp3) is 0.400. The van der Waals surface area contributed by atoms with E-state index >= 15 is 0 Å². The van der Waals surface area contributed by atoms with Gasteiger partial charge in [0.1, 0.15) is 6.04 Å². The monoisotopic (exact) mass is 436 g/mol. The first-order valence-electron chi connectivity index (χ1n) is 9.42. The molecule has 1 saturated heterocycles. The summed E-state index contributed by atoms with van der Waals surface area (Å²) in [5.41, 5.74) is 0.951. The lowest BCUT2D eigenvalue weighted by molar-refractivity contribution is -0.153. The van der Waals surface area contributed by atoms with Crippen LogP contribution < -0.4 is 5.32 Å². The highest BCUT2D eigenvalue weighted by Gasteiger charge is 2.38. The van der Waals surface area contributed by atoms with Gasteiger partial charge in [-0.05, 0) is 49.8 Å². The Morgan fingerprint density at radius 2 is 1.97 bits per heavy atom. The third kappa shape index (κ3) is 5.43. The number of hydrogen-bond donors (Lipinski definition) is 1. The Morgan fingerprint density at radius 1 is 1.21 bits per heavy atom. The lowest BCUT2D eigenvalue weighted by Gasteiger charge is -2.33. The minimum atomic E-state index is -3.82. The molecule has 2 heterocycles. The van der Waals surface area contributed by atoms with E-state index in [0.29, 0.717) is 19.4 Å². The number of nitrogens with zero attached hydrogens (tertiary/aromatic N) is 1. The summed E-state index contributed by atoms with van der Waals surface area (Å²) in [7, 11) is -3.82. The SMILES string of the molecule is Cc1ccc(S(=O)(=O)N2CCCCC2C(=O)OCC(=O)NCc2cccs2)cc1. The van der Waals surface area contributed by atoms with Gasteiger partial charge in [-0.1, -0.05) is 23.8 Å². The number of amides is 1. The van der Waals surface area contributed by atoms with Crippen LogP contribution in [-0.2, 0) is 30.9 Å². The zero-order valence-electron chi connectivity index (χ0n) is 16.2. The number of ether oxygens (including phenoxy) is 1. The average Bonchev–Trinajstić information content (AvgIpc) is 3.24. The van der Waals surface area contributed by atoms with Crippen LogP contribution in [0.25, 0.3) is 0 Å². The minimum Gasteiger partial charge on any atom is -0.454 e. The summed E-state index contributed by atoms with van der Waals surface area (Å²) in [6.45, 7) is 2.06. The van der Waals surface area contributed by atoms with Crippen LogP contribution in [0.15, 0.2) is 46.7 Å². The standard InChI is InChI=1S/C20H24N2O5S2/c1-15-7-9-17(10-8-15)29(25,26)22-11-3-2-6-18(22)20(24)27-14-19(23)21-13-16-5-4-12-28-16/h4-5,7-10,12,18H,2-3,6,11,13-14H2,1H3,(H,21,23). The van der Waals surface area contributed by atoms with Crippen molar-refractivity contribution in [1.82, 2.24) is 9.62 Å². The van der Waals surface area contributed by atoms with E-state index in [0.717, 1.165) is 16.9 Å². The van der Waals surface area contributed by atoms with E-state index in [2.05, 4.69) is 5.32 Å². The first-order chi connectivity index (χ1) is 13.9. The van der Waals surface area contributed by atoms with Gasteiger partial charge >= 0.3 is 5.97 Å². The second-order valence-corrected chi connectivity index (χ2v) is 9.83. The molecule has 9 heteroatoms. The first-order valence-corrected chi connectivity index (χ1v) is 11.7. The number of sulfonamides is 1. The van der Waals surface area contributed by atoms with E-state index in [4.69, 9.17) is 4.74 Å². The van der Waals surface area contributed by atoms with Gasteiger partial charge in [0.2, 0.25) is 10.0 Å². The van der Waals surface area contributed by atoms with E-state index in [1.165, 1.54) is 15.6 Å². The molecule has 1 amide bonds. The van der Waals surface area contributed by atoms with Crippen molar-refractivity contribution in [3.8, 4) is 0 Å². The number of esters is 1. The molecule has 3 rings (SSSR count). The summed E-state index contributed by atoms with van der Waals surface area (Å²) < 4.78 is 32.4. The molecule has 1 atom stereocenters. The van der Waals surface area contributed by atoms with Crippen molar-refractivity contribution in [3.63, 3.8) is 0 Å². The third-order valence-corrected chi connectivity index (χ3v) is 7.54. The molecule has 1 aromatic carbocycles. The zero-order valence-corrected chi connectivity index (χ0v) is 17.8. The summed E-state index contributed by atoms with van der Waals surface area (Å²) in [6, 6.07) is 9.40. The predicted molar refractivity (Wildman–Crippen MR) is 110 cm³/mol. The maximum atomic E-state index is 13.0. The Kier molecular flexibility index (Phi) is 7.05. The predicted octanol–water partition coefficient (Wildman–Crippen LogP) is 2.46. The van der Waals surface area contributed by atoms with E-state index in [1.807, 2.05) is 24.4 Å². The van der Waals surface area contributed by atoms with Crippen molar-refractivity contribution in [2.24, 2.45) is 0 Å². The summed E-state index contributed by atoms with van der Waals surface area (Å²) in [5, 5.41) is 4.59. The highest BCUT2D eigenvalue weighted by atomic mass is 32.2. The number of hydrogen-bond acceptors (Lipinski definition) is 6. The molecule has 0 saturated carbocycles. The number of nitrogens with one attached hydrogen (secondary N) is 1. The number of carbonyl (C=O) groups excluding carboxylic acids is 2. The Morgan fingerprint density at radius 3 is 2.66 bits per heavy atom. The lowest BCUT2D eigenvalue weighted by Crippen LogP contribution is -2.49. The summed E-state index contributed by atoms with van der Waals surface area (Å²) in [4.78, 5) is 25.7. The highest BCUT2D eigenvalue weighted by molar-refractivity contribution is 7.89. The molecule has 0 aliphatic carbocycles. The third-order valence-electron chi connectivity index (χ3n) is 4.74. The van der Waals surface area contributed by atoms with Crippen LogP contribution in [0.2, 0.25) is 0 Å². The van der Waals surface area contributed by atoms with Crippen LogP contribution in [0.5, 0.6) is 0 Å². The number of aryl methyl sites for hydroxylation is 1. The molecule has 2 aromatic rings. The number of thiophene rings is 1. The number of piperidine rings is 1. The van der Waals surface area contributed by atoms with Crippen molar-refractivity contribution in [2.45, 2.75) is 43.7 Å². The quantitative estimate of drug-likeness (QED) is 0.673. The molecule has 1 aliphatic rings. The largest absolute Gasteiger partial charge is 0.454 e. The Balaban J connectivity index is 1.61. The van der Waals surface area contributed by atoms with E-state index < -0.39 is 34.5 Å². The summed E-state index contributed by atoms with van der Waals surface area (Å²) in [5.74, 6) is -1.11. The molecule has 1 aromatic heterocycles. The van der Waals surface area contributed by atoms with Crippen molar-refractivity contribution in [3.05, 3.63) is 52.2 Å². The fourth-order valence-corrected chi connectivity index (χ4v) is 5.45. The number of rotatable bonds is 7. The van der Waals surface area contributed by atoms with Gasteiger partial charge in [-0.15, -0.1) is 11.3 Å². The second kappa shape index (κ2) is 9.51. The van der Waals surface area contributed by atoms with Crippen molar-refractivity contribution < 1.29 is 22.7 Å². The fourth-order valence-electron chi connectivity index (χ4n) is 3.16. The Bertz CT molecular complexity index is 940. The molecule has 156 valence electrons. The molecule has 29 heavy (non-hydrogen) atoms. The molecular formula is C20H24N2O5S2. The molecular weight excluding hydrogens is 412 g/mol. The van der Waals surface area contributed by atoms with Crippen LogP contribution in [0, 0.1) is 6.92 Å². The molecule has 7 nitrogen and oxygen atoms in total. The molecule has 1 aliphatic heterocycles. The van der Waals surface area contributed by atoms with Gasteiger partial charge in [0.15, 0.2) is 6.61 Å². The van der Waals surface area contributed by atoms with Crippen LogP contribution in [-0.4, -0.2) is 43.8 Å². The molecule has 1 fully saturated rings. The van der Waals surface area contributed by atoms with E-state index in [-0.39, 0.29) is 11.4 Å². The Hall–Kier alpha value is -2.23. The molecule has 0 bridgehead atoms. The van der Waals surface area contributed by atoms with Crippen LogP contribution in [0.4, 0.5) is 0 Å². The van der Waals surface area contributed by atoms with Gasteiger partial charge < -0.3 is 10.1 Å². The second-order valence-electron chi connectivity index (χ2n) is 6.90. The van der Waals surface area contributed by atoms with Crippen LogP contribution in [0.3, 0.4) is 0 Å². The van der Waals surface area contributed by atoms with Gasteiger partial charge in [-0.25, -0.2) is 8.42 Å². The lowest BCUT2D eigenvalue weighted by atomic mass is 10.1. The van der Waals surface area contributed by atoms with Gasteiger partial charge in [0, 0.05) is 11.4 Å². The first kappa shape index (κ1) is 21.5. The molecule has 0 spiro atoms. The van der Waals surface area contributed by atoms with E-state index in [9.17, 15) is 18.0 Å². The van der Waals surface area contributed by atoms with Gasteiger partial charge in [-0.3, -0.25) is 9.59 Å². The van der Waals surface area contributed by atoms with Crippen LogP contribution >= 0.6 is 11.3 Å². The maximum Gasteiger partial charge on any atom is 0.324 e. The number of benzene rings is 1. The summed E-state index contributed by atoms with van der Waals surface area (Å²) in [6.07, 6.45) is 1.78. The van der Waals surface area contributed by atoms with Gasteiger partial charge in [0.05, 0.1) is 11.4 Å². The normalized spacial score (nSPS) is 17.6.